The molecule has 184 valence electrons. The number of sulfonamides is 1. The van der Waals surface area contributed by atoms with Crippen LogP contribution >= 0.6 is 0 Å². The maximum Gasteiger partial charge on any atom is 0.416 e. The molecule has 0 aliphatic carbocycles. The van der Waals surface area contributed by atoms with E-state index in [1.54, 1.807) is 0 Å². The van der Waals surface area contributed by atoms with Gasteiger partial charge >= 0.3 is 6.18 Å². The van der Waals surface area contributed by atoms with Crippen molar-refractivity contribution in [2.24, 2.45) is 0 Å². The van der Waals surface area contributed by atoms with Gasteiger partial charge in [0.1, 0.15) is 33.5 Å². The predicted octanol–water partition coefficient (Wildman–Crippen LogP) is 1.43. The standard InChI is InChI=1S/C19H15F5N2O6S2/c20-14-6-13(3-1-11(14)7-25)33(29,30)17-8-26(9-18(17,28)10-27)34(31,32)16-4-2-12(5-15(16)21)19(22,23)24/h1-6,17,27-28H,8-10H2/t17?,18-/m1/s1. The van der Waals surface area contributed by atoms with Crippen LogP contribution < -0.4 is 0 Å². The Morgan fingerprint density at radius 3 is 2.24 bits per heavy atom. The molecule has 1 aliphatic heterocycles. The fraction of sp³-hybridized carbons (Fsp3) is 0.316. The van der Waals surface area contributed by atoms with E-state index >= 15 is 0 Å². The van der Waals surface area contributed by atoms with Gasteiger partial charge in [0, 0.05) is 13.1 Å². The lowest BCUT2D eigenvalue weighted by molar-refractivity contribution is -0.137. The number of rotatable bonds is 5. The predicted molar refractivity (Wildman–Crippen MR) is 104 cm³/mol. The second kappa shape index (κ2) is 8.54. The van der Waals surface area contributed by atoms with Crippen molar-refractivity contribution in [1.29, 1.82) is 5.26 Å². The first-order chi connectivity index (χ1) is 15.6. The lowest BCUT2D eigenvalue weighted by atomic mass is 10.1. The highest BCUT2D eigenvalue weighted by molar-refractivity contribution is 7.92. The van der Waals surface area contributed by atoms with Gasteiger partial charge in [-0.2, -0.15) is 22.7 Å². The van der Waals surface area contributed by atoms with E-state index in [0.29, 0.717) is 22.5 Å². The maximum atomic E-state index is 14.3. The summed E-state index contributed by atoms with van der Waals surface area (Å²) in [5.74, 6) is -2.96. The van der Waals surface area contributed by atoms with Crippen molar-refractivity contribution in [3.63, 3.8) is 0 Å². The zero-order valence-corrected chi connectivity index (χ0v) is 18.4. The van der Waals surface area contributed by atoms with E-state index < -0.39 is 89.1 Å². The van der Waals surface area contributed by atoms with Crippen LogP contribution in [0.25, 0.3) is 0 Å². The second-order valence-corrected chi connectivity index (χ2v) is 11.5. The third-order valence-electron chi connectivity index (χ3n) is 5.33. The number of aliphatic hydroxyl groups is 2. The molecule has 2 aromatic rings. The number of β-amino-alcohol motifs (C(OH)–C–C–N with tert-alkyl or cyclic N) is 1. The fourth-order valence-corrected chi connectivity index (χ4v) is 7.12. The van der Waals surface area contributed by atoms with Crippen molar-refractivity contribution >= 4 is 19.9 Å². The fourth-order valence-electron chi connectivity index (χ4n) is 3.50. The quantitative estimate of drug-likeness (QED) is 0.563. The largest absolute Gasteiger partial charge is 0.416 e. The van der Waals surface area contributed by atoms with Crippen LogP contribution in [0.2, 0.25) is 0 Å². The van der Waals surface area contributed by atoms with Crippen LogP contribution in [0.15, 0.2) is 46.2 Å². The molecule has 2 aromatic carbocycles. The van der Waals surface area contributed by atoms with Gasteiger partial charge in [-0.15, -0.1) is 0 Å². The summed E-state index contributed by atoms with van der Waals surface area (Å²) in [5.41, 5.74) is -4.55. The Bertz CT molecular complexity index is 1390. The maximum absolute atomic E-state index is 14.3. The molecule has 0 radical (unpaired) electrons. The van der Waals surface area contributed by atoms with Crippen LogP contribution in [-0.2, 0) is 26.0 Å². The summed E-state index contributed by atoms with van der Waals surface area (Å²) in [6.07, 6.45) is -4.95. The molecular formula is C19H15F5N2O6S2. The number of alkyl halides is 3. The van der Waals surface area contributed by atoms with Crippen molar-refractivity contribution in [2.75, 3.05) is 19.7 Å². The van der Waals surface area contributed by atoms with Gasteiger partial charge in [-0.05, 0) is 36.4 Å². The monoisotopic (exact) mass is 526 g/mol. The Labute approximate surface area is 190 Å². The third-order valence-corrected chi connectivity index (χ3v) is 9.43. The highest BCUT2D eigenvalue weighted by Crippen LogP contribution is 2.36. The van der Waals surface area contributed by atoms with Crippen molar-refractivity contribution in [3.8, 4) is 6.07 Å². The number of hydrogen-bond donors (Lipinski definition) is 2. The van der Waals surface area contributed by atoms with Crippen LogP contribution in [0, 0.1) is 23.0 Å². The molecule has 34 heavy (non-hydrogen) atoms. The molecule has 0 bridgehead atoms. The first kappa shape index (κ1) is 26.0. The second-order valence-electron chi connectivity index (χ2n) is 7.49. The van der Waals surface area contributed by atoms with Gasteiger partial charge in [-0.1, -0.05) is 0 Å². The highest BCUT2D eigenvalue weighted by Gasteiger charge is 2.55. The molecule has 1 unspecified atom stereocenters. The number of nitriles is 1. The van der Waals surface area contributed by atoms with Crippen LogP contribution in [0.1, 0.15) is 11.1 Å². The Hall–Kier alpha value is -2.64. The molecule has 0 spiro atoms. The van der Waals surface area contributed by atoms with E-state index in [4.69, 9.17) is 5.26 Å². The van der Waals surface area contributed by atoms with Gasteiger partial charge in [0.25, 0.3) is 0 Å². The van der Waals surface area contributed by atoms with Crippen LogP contribution in [0.5, 0.6) is 0 Å². The van der Waals surface area contributed by atoms with Gasteiger partial charge in [-0.25, -0.2) is 25.6 Å². The zero-order valence-electron chi connectivity index (χ0n) is 16.8. The lowest BCUT2D eigenvalue weighted by Crippen LogP contribution is -2.49. The average Bonchev–Trinajstić information content (AvgIpc) is 3.12. The minimum absolute atomic E-state index is 0.0467. The summed E-state index contributed by atoms with van der Waals surface area (Å²) >= 11 is 0. The summed E-state index contributed by atoms with van der Waals surface area (Å²) in [6.45, 7) is -3.34. The lowest BCUT2D eigenvalue weighted by Gasteiger charge is -2.26. The van der Waals surface area contributed by atoms with Crippen LogP contribution in [-0.4, -0.2) is 61.9 Å². The Morgan fingerprint density at radius 1 is 1.09 bits per heavy atom. The smallest absolute Gasteiger partial charge is 0.393 e. The van der Waals surface area contributed by atoms with E-state index in [0.717, 1.165) is 12.1 Å². The van der Waals surface area contributed by atoms with E-state index in [1.165, 1.54) is 6.07 Å². The molecule has 1 heterocycles. The molecule has 1 fully saturated rings. The minimum Gasteiger partial charge on any atom is -0.393 e. The summed E-state index contributed by atoms with van der Waals surface area (Å²) in [7, 11) is -9.69. The number of hydrogen-bond acceptors (Lipinski definition) is 7. The topological polar surface area (TPSA) is 136 Å². The van der Waals surface area contributed by atoms with Crippen molar-refractivity contribution in [3.05, 3.63) is 59.2 Å². The zero-order chi connectivity index (χ0) is 25.7. The third kappa shape index (κ3) is 4.39. The van der Waals surface area contributed by atoms with Crippen LogP contribution in [0.3, 0.4) is 0 Å². The highest BCUT2D eigenvalue weighted by atomic mass is 32.2. The van der Waals surface area contributed by atoms with Crippen molar-refractivity contribution < 1.29 is 49.0 Å². The summed E-state index contributed by atoms with van der Waals surface area (Å²) in [5, 5.41) is 27.1. The number of benzene rings is 2. The van der Waals surface area contributed by atoms with Crippen LogP contribution in [0.4, 0.5) is 22.0 Å². The van der Waals surface area contributed by atoms with E-state index in [9.17, 15) is 49.0 Å². The number of aliphatic hydroxyl groups excluding tert-OH is 1. The molecule has 15 heteroatoms. The molecule has 0 aromatic heterocycles. The minimum atomic E-state index is -4.97. The van der Waals surface area contributed by atoms with Gasteiger partial charge < -0.3 is 10.2 Å². The molecule has 1 saturated heterocycles. The van der Waals surface area contributed by atoms with Crippen molar-refractivity contribution in [1.82, 2.24) is 4.31 Å². The molecule has 0 saturated carbocycles. The van der Waals surface area contributed by atoms with E-state index in [1.807, 2.05) is 0 Å². The van der Waals surface area contributed by atoms with E-state index in [-0.39, 0.29) is 6.07 Å². The summed E-state index contributed by atoms with van der Waals surface area (Å²) < 4.78 is 119. The summed E-state index contributed by atoms with van der Waals surface area (Å²) in [4.78, 5) is -1.93. The number of halogens is 5. The Kier molecular flexibility index (Phi) is 6.52. The summed E-state index contributed by atoms with van der Waals surface area (Å²) in [6, 6.07) is 4.28. The number of nitrogens with zero attached hydrogens (tertiary/aromatic N) is 2. The van der Waals surface area contributed by atoms with Gasteiger partial charge in [0.05, 0.1) is 22.6 Å². The molecule has 2 atom stereocenters. The van der Waals surface area contributed by atoms with Crippen molar-refractivity contribution in [2.45, 2.75) is 26.8 Å². The Morgan fingerprint density at radius 2 is 1.74 bits per heavy atom. The first-order valence-electron chi connectivity index (χ1n) is 9.21. The number of sulfone groups is 1. The normalized spacial score (nSPS) is 22.0. The average molecular weight is 526 g/mol. The van der Waals surface area contributed by atoms with Gasteiger partial charge in [-0.3, -0.25) is 0 Å². The molecule has 0 amide bonds. The van der Waals surface area contributed by atoms with Gasteiger partial charge in [0.15, 0.2) is 9.84 Å². The molecule has 8 nitrogen and oxygen atoms in total. The SMILES string of the molecule is N#Cc1ccc(S(=O)(=O)C2CN(S(=O)(=O)c3ccc(C(F)(F)F)cc3F)C[C@@]2(O)CO)cc1F. The first-order valence-corrected chi connectivity index (χ1v) is 12.2. The molecule has 3 rings (SSSR count). The van der Waals surface area contributed by atoms with Gasteiger partial charge in [0.2, 0.25) is 10.0 Å². The molecule has 2 N–H and O–H groups in total. The Balaban J connectivity index is 2.03. The molecule has 1 aliphatic rings. The molecular weight excluding hydrogens is 511 g/mol. The van der Waals surface area contributed by atoms with E-state index in [2.05, 4.69) is 0 Å².